The second-order valence-corrected chi connectivity index (χ2v) is 52.7. The summed E-state index contributed by atoms with van der Waals surface area (Å²) in [6.07, 6.45) is 153. The number of hydrogen-bond acceptors (Lipinski definition) is 0. The van der Waals surface area contributed by atoms with Crippen LogP contribution >= 0.6 is 0 Å². The highest BCUT2D eigenvalue weighted by atomic mass is 14.4. The maximum Gasteiger partial charge on any atom is 0 e. The molecule has 140 heavy (non-hydrogen) atoms. The van der Waals surface area contributed by atoms with Crippen LogP contribution in [0.5, 0.6) is 0 Å². The minimum atomic E-state index is 0. The van der Waals surface area contributed by atoms with Gasteiger partial charge in [-0.15, -0.1) is 26.3 Å². The summed E-state index contributed by atoms with van der Waals surface area (Å²) in [5, 5.41) is 0. The van der Waals surface area contributed by atoms with Crippen LogP contribution < -0.4 is 0 Å². The van der Waals surface area contributed by atoms with Gasteiger partial charge >= 0.3 is 0 Å². The fourth-order valence-electron chi connectivity index (χ4n) is 33.1. The van der Waals surface area contributed by atoms with Crippen LogP contribution in [-0.4, -0.2) is 0 Å². The molecule has 0 N–H and O–H groups in total. The summed E-state index contributed by atoms with van der Waals surface area (Å²) in [6.45, 7) is 38.4. The third-order valence-corrected chi connectivity index (χ3v) is 43.2. The lowest BCUT2D eigenvalue weighted by atomic mass is 9.68. The van der Waals surface area contributed by atoms with Crippen LogP contribution in [0.3, 0.4) is 0 Å². The van der Waals surface area contributed by atoms with Gasteiger partial charge in [0.1, 0.15) is 0 Å². The Morgan fingerprint density at radius 1 is 0.164 bits per heavy atom. The second kappa shape index (κ2) is 78.4. The number of allylic oxidation sites excluding steroid dienone is 10. The first kappa shape index (κ1) is 123. The maximum absolute atomic E-state index is 3.87. The molecule has 14 aliphatic carbocycles. The van der Waals surface area contributed by atoms with Crippen molar-refractivity contribution in [2.24, 2.45) is 166 Å². The summed E-state index contributed by atoms with van der Waals surface area (Å²) in [6, 6.07) is 0. The normalized spacial score (nSPS) is 35.1. The Kier molecular flexibility index (Phi) is 69.1. The van der Waals surface area contributed by atoms with E-state index in [1.54, 1.807) is 167 Å². The third kappa shape index (κ3) is 50.4. The Morgan fingerprint density at radius 2 is 0.343 bits per heavy atom. The van der Waals surface area contributed by atoms with Gasteiger partial charge in [0.2, 0.25) is 0 Å². The van der Waals surface area contributed by atoms with E-state index in [0.29, 0.717) is 0 Å². The molecule has 0 aromatic heterocycles. The SMILES string of the molecule is C/C=C/CCC1CCC(C2CCC(CC)CC2)CC1.C/C=C/CCC1CCC(C2CCC(CCC)CC2)CC1.C=CCCC1CCC(C2CCC(CC)CC2)CC1.C=CCCC1CCC(C2CCC(CCC)CC2)CC1.C=CCCC1CCC(C2CCC(CCCC)CC2)CC1.C=CCCC1CCC(C2CCC(CCCCC)CC2)CC1.CCCC/C=C/C1CCC(C2CCC(CCCCC)CC2)CC1.[HH].[HH].[HH].[HH].[HH].[HH].[HH].[HH].[HH].[HH].[HH].[HH].[HH].[HH]. The van der Waals surface area contributed by atoms with Gasteiger partial charge in [0.15, 0.2) is 0 Å². The molecule has 0 aliphatic heterocycles. The first-order valence-corrected chi connectivity index (χ1v) is 66.1. The molecule has 0 aromatic carbocycles. The van der Waals surface area contributed by atoms with E-state index >= 15 is 0 Å². The van der Waals surface area contributed by atoms with E-state index in [2.05, 4.69) is 156 Å². The highest BCUT2D eigenvalue weighted by molar-refractivity contribution is 4.96. The fraction of sp³-hybridized carbons (Fsp3) is 0.900. The summed E-state index contributed by atoms with van der Waals surface area (Å²) in [7, 11) is 0. The lowest BCUT2D eigenvalue weighted by Crippen LogP contribution is -2.25. The van der Waals surface area contributed by atoms with Gasteiger partial charge in [-0.2, -0.15) is 0 Å². The van der Waals surface area contributed by atoms with E-state index in [1.165, 1.54) is 398 Å². The Morgan fingerprint density at radius 3 is 0.529 bits per heavy atom. The predicted molar refractivity (Wildman–Crippen MR) is 659 cm³/mol. The minimum absolute atomic E-state index is 0. The monoisotopic (exact) mass is 1960 g/mol. The molecule has 0 nitrogen and oxygen atoms in total. The standard InChI is InChI=1S/C23H42.C21H38.2C20H36.2C19H34.C18H32.14H2/c1-3-5-7-9-11-21-14-18-23(19-15-21)22-16-12-20(13-17-22)10-8-6-4-2;1-3-5-7-9-19-12-16-21(17-13-19)20-14-10-18(11-15-20)8-6-4-2;1-3-5-6-8-18-11-15-20(16-12-18)19-13-9-17(7-4-2)10-14-19;1-3-5-7-17-9-13-19(14-10-17)20-15-11-18(12-16-20)8-6-4-2;1-3-5-6-7-17-10-14-19(15-11-17)18-12-8-16(4-2)9-13-18;1-3-5-7-17-10-14-19(15-11-17)18-12-8-16(6-4-2)9-13-18;1-3-5-6-16-9-13-18(14-10-16)17-11-7-15(4-2)8-12-17;;;;;;;;;;;;;;/h9,11,20-23H,3-8,10,12-19H2,1-2H3;4,18-21H,2-3,5-17H2,1H3;3,5,17-20H,4,6-16H2,1-2H3;3,17-20H,1,4-16H2,2H3;3,5,16-19H,4,6-15H2,1-2H3;3,16-19H,1,4-15H2,2H3;3,15-18H,1,4-14H2,2H3;14*1H/b11-9+;;5-3+;;5-3+;;;;;;;;;;;;;;;;. The second-order valence-electron chi connectivity index (χ2n) is 52.7. The van der Waals surface area contributed by atoms with Gasteiger partial charge in [0, 0.05) is 20.0 Å². The quantitative estimate of drug-likeness (QED) is 0.0421. The highest BCUT2D eigenvalue weighted by Gasteiger charge is 2.39. The smallest absolute Gasteiger partial charge is 0 e. The highest BCUT2D eigenvalue weighted by Crippen LogP contribution is 2.52. The average Bonchev–Trinajstić information content (AvgIpc) is 0.860. The number of hydrogen-bond donors (Lipinski definition) is 0. The van der Waals surface area contributed by atoms with Gasteiger partial charge in [-0.1, -0.05) is 405 Å². The van der Waals surface area contributed by atoms with E-state index in [0.717, 1.165) is 166 Å². The van der Waals surface area contributed by atoms with Gasteiger partial charge in [0.05, 0.1) is 0 Å². The molecule has 0 atom stereocenters. The zero-order chi connectivity index (χ0) is 99.5. The average molecular weight is 1960 g/mol. The molecule has 0 aromatic rings. The van der Waals surface area contributed by atoms with Gasteiger partial charge in [-0.05, 0) is 456 Å². The van der Waals surface area contributed by atoms with E-state index in [1.807, 2.05) is 0 Å². The topological polar surface area (TPSA) is 0 Å². The molecule has 0 spiro atoms. The zero-order valence-electron chi connectivity index (χ0n) is 97.0. The van der Waals surface area contributed by atoms with Crippen LogP contribution in [0.15, 0.2) is 87.1 Å². The van der Waals surface area contributed by atoms with Crippen LogP contribution in [-0.2, 0) is 0 Å². The van der Waals surface area contributed by atoms with Crippen molar-refractivity contribution in [3.05, 3.63) is 87.1 Å². The summed E-state index contributed by atoms with van der Waals surface area (Å²) < 4.78 is 0. The Hall–Kier alpha value is -1.82. The van der Waals surface area contributed by atoms with Crippen molar-refractivity contribution in [2.45, 2.75) is 634 Å². The van der Waals surface area contributed by atoms with Crippen LogP contribution in [0, 0.1) is 166 Å². The summed E-state index contributed by atoms with van der Waals surface area (Å²) >= 11 is 0. The van der Waals surface area contributed by atoms with Gasteiger partial charge in [0.25, 0.3) is 0 Å². The van der Waals surface area contributed by atoms with Crippen molar-refractivity contribution in [3.8, 4) is 0 Å². The Bertz CT molecular complexity index is 2980. The molecule has 0 amide bonds. The van der Waals surface area contributed by atoms with E-state index in [4.69, 9.17) is 0 Å². The molecule has 0 unspecified atom stereocenters. The van der Waals surface area contributed by atoms with Crippen LogP contribution in [0.4, 0.5) is 0 Å². The van der Waals surface area contributed by atoms with Crippen molar-refractivity contribution in [1.82, 2.24) is 0 Å². The number of rotatable bonds is 46. The van der Waals surface area contributed by atoms with Crippen molar-refractivity contribution in [1.29, 1.82) is 0 Å². The van der Waals surface area contributed by atoms with E-state index in [-0.39, 0.29) is 20.0 Å². The van der Waals surface area contributed by atoms with E-state index in [9.17, 15) is 0 Å². The predicted octanol–water partition coefficient (Wildman–Crippen LogP) is 50.7. The summed E-state index contributed by atoms with van der Waals surface area (Å²) in [5.74, 6) is 29.8. The number of unbranched alkanes of at least 4 members (excludes halogenated alkanes) is 7. The molecule has 840 valence electrons. The van der Waals surface area contributed by atoms with Crippen molar-refractivity contribution >= 4 is 0 Å². The molecular formula is C140H280. The minimum Gasteiger partial charge on any atom is -0.103 e. The molecule has 14 aliphatic rings. The molecule has 0 heteroatoms. The van der Waals surface area contributed by atoms with Gasteiger partial charge < -0.3 is 0 Å². The molecule has 14 saturated carbocycles. The first-order valence-electron chi connectivity index (χ1n) is 66.1. The largest absolute Gasteiger partial charge is 0.103 e. The third-order valence-electron chi connectivity index (χ3n) is 43.2. The van der Waals surface area contributed by atoms with Crippen molar-refractivity contribution < 1.29 is 20.0 Å². The lowest BCUT2D eigenvalue weighted by Gasteiger charge is -2.38. The van der Waals surface area contributed by atoms with Crippen LogP contribution in [0.1, 0.15) is 654 Å². The first-order chi connectivity index (χ1) is 68.8. The lowest BCUT2D eigenvalue weighted by molar-refractivity contribution is 0.140. The zero-order valence-corrected chi connectivity index (χ0v) is 97.0. The molecule has 0 saturated heterocycles. The van der Waals surface area contributed by atoms with Gasteiger partial charge in [-0.25, -0.2) is 0 Å². The summed E-state index contributed by atoms with van der Waals surface area (Å²) in [4.78, 5) is 0. The molecule has 0 radical (unpaired) electrons. The van der Waals surface area contributed by atoms with Crippen LogP contribution in [0.25, 0.3) is 0 Å². The fourth-order valence-corrected chi connectivity index (χ4v) is 33.1. The Labute approximate surface area is 901 Å². The van der Waals surface area contributed by atoms with Crippen LogP contribution in [0.2, 0.25) is 0 Å². The molecule has 0 heterocycles. The molecule has 14 fully saturated rings. The van der Waals surface area contributed by atoms with E-state index < -0.39 is 0 Å². The molecule has 14 rings (SSSR count). The molecule has 0 bridgehead atoms. The Balaban J connectivity index is -0.000000323. The van der Waals surface area contributed by atoms with Gasteiger partial charge in [-0.3, -0.25) is 0 Å². The maximum atomic E-state index is 3.87. The van der Waals surface area contributed by atoms with Crippen molar-refractivity contribution in [2.75, 3.05) is 0 Å². The summed E-state index contributed by atoms with van der Waals surface area (Å²) in [5.41, 5.74) is 0. The molecular weight excluding hydrogens is 1680 g/mol. The van der Waals surface area contributed by atoms with Crippen molar-refractivity contribution in [3.63, 3.8) is 0 Å².